The van der Waals surface area contributed by atoms with E-state index in [4.69, 9.17) is 0 Å². The van der Waals surface area contributed by atoms with E-state index in [-0.39, 0.29) is 48.3 Å². The molecular formula is C30H40N2O4. The summed E-state index contributed by atoms with van der Waals surface area (Å²) >= 11 is 0. The van der Waals surface area contributed by atoms with Crippen LogP contribution >= 0.6 is 0 Å². The summed E-state index contributed by atoms with van der Waals surface area (Å²) in [5.74, 6) is -2.32. The van der Waals surface area contributed by atoms with E-state index in [9.17, 15) is 19.2 Å². The number of rotatable bonds is 7. The van der Waals surface area contributed by atoms with Crippen molar-refractivity contribution < 1.29 is 19.2 Å². The van der Waals surface area contributed by atoms with E-state index in [1.54, 1.807) is 0 Å². The van der Waals surface area contributed by atoms with Crippen molar-refractivity contribution in [1.29, 1.82) is 0 Å². The van der Waals surface area contributed by atoms with Crippen molar-refractivity contribution in [3.8, 4) is 0 Å². The van der Waals surface area contributed by atoms with E-state index in [1.807, 2.05) is 12.2 Å². The Morgan fingerprint density at radius 2 is 1.50 bits per heavy atom. The Bertz CT molecular complexity index is 981. The maximum Gasteiger partial charge on any atom is 0.231 e. The standard InChI is InChI=1S/C30H40N2O4/c1-3-13-21-14-9-5-7-11-17-29(21,16-4-2)30(24-20-26(34)32-28(24)36)18-12-8-6-10-15-23(30)22-19-25(33)31-27(22)35/h3-4,11-12,17-18,21-24H,1-2,5-10,13-16,19-20H2,(H,31,33,35)(H,32,34,36). The van der Waals surface area contributed by atoms with Gasteiger partial charge in [0, 0.05) is 23.7 Å². The highest BCUT2D eigenvalue weighted by Gasteiger charge is 2.64. The summed E-state index contributed by atoms with van der Waals surface area (Å²) in [5.41, 5.74) is -1.38. The SMILES string of the molecule is C=CCC1CCCCC=CC1(CC=C)C1(C2CC(=O)NC2=O)C=CCCCCC1C1CC(=O)NC1=O. The fourth-order valence-electron chi connectivity index (χ4n) is 7.86. The molecule has 2 saturated heterocycles. The highest BCUT2D eigenvalue weighted by Crippen LogP contribution is 2.65. The Morgan fingerprint density at radius 1 is 0.833 bits per heavy atom. The van der Waals surface area contributed by atoms with Gasteiger partial charge in [-0.3, -0.25) is 29.8 Å². The van der Waals surface area contributed by atoms with Crippen LogP contribution in [0.5, 0.6) is 0 Å². The second-order valence-electron chi connectivity index (χ2n) is 11.1. The second kappa shape index (κ2) is 11.1. The Kier molecular flexibility index (Phi) is 8.11. The first-order valence-electron chi connectivity index (χ1n) is 13.6. The predicted octanol–water partition coefficient (Wildman–Crippen LogP) is 4.93. The van der Waals surface area contributed by atoms with Crippen molar-refractivity contribution in [3.05, 3.63) is 49.6 Å². The van der Waals surface area contributed by atoms with Crippen LogP contribution in [0, 0.1) is 34.5 Å². The molecule has 2 aliphatic heterocycles. The Hall–Kier alpha value is -2.76. The largest absolute Gasteiger partial charge is 0.296 e. The fourth-order valence-corrected chi connectivity index (χ4v) is 7.86. The minimum atomic E-state index is -0.827. The van der Waals surface area contributed by atoms with Crippen molar-refractivity contribution in [3.63, 3.8) is 0 Å². The zero-order chi connectivity index (χ0) is 25.8. The Balaban J connectivity index is 2.05. The van der Waals surface area contributed by atoms with Gasteiger partial charge in [-0.2, -0.15) is 0 Å². The predicted molar refractivity (Wildman–Crippen MR) is 139 cm³/mol. The molecule has 0 spiro atoms. The Morgan fingerprint density at radius 3 is 2.11 bits per heavy atom. The third-order valence-corrected chi connectivity index (χ3v) is 9.24. The summed E-state index contributed by atoms with van der Waals surface area (Å²) in [6.45, 7) is 8.21. The molecule has 4 amide bonds. The smallest absolute Gasteiger partial charge is 0.231 e. The van der Waals surface area contributed by atoms with Crippen molar-refractivity contribution in [2.75, 3.05) is 0 Å². The third-order valence-electron chi connectivity index (χ3n) is 9.24. The Labute approximate surface area is 214 Å². The topological polar surface area (TPSA) is 92.3 Å². The highest BCUT2D eigenvalue weighted by atomic mass is 16.2. The van der Waals surface area contributed by atoms with Gasteiger partial charge >= 0.3 is 0 Å². The van der Waals surface area contributed by atoms with E-state index in [2.05, 4.69) is 48.1 Å². The van der Waals surface area contributed by atoms with Crippen LogP contribution < -0.4 is 10.6 Å². The van der Waals surface area contributed by atoms with E-state index in [0.29, 0.717) is 6.42 Å². The molecule has 0 saturated carbocycles. The van der Waals surface area contributed by atoms with Gasteiger partial charge in [0.2, 0.25) is 23.6 Å². The first-order valence-corrected chi connectivity index (χ1v) is 13.6. The van der Waals surface area contributed by atoms with Gasteiger partial charge < -0.3 is 0 Å². The van der Waals surface area contributed by atoms with Gasteiger partial charge in [-0.25, -0.2) is 0 Å². The van der Waals surface area contributed by atoms with Crippen LogP contribution in [0.2, 0.25) is 0 Å². The lowest BCUT2D eigenvalue weighted by Gasteiger charge is -2.59. The van der Waals surface area contributed by atoms with Crippen LogP contribution in [-0.4, -0.2) is 23.6 Å². The molecule has 6 atom stereocenters. The molecule has 6 unspecified atom stereocenters. The van der Waals surface area contributed by atoms with Gasteiger partial charge in [0.05, 0.1) is 11.8 Å². The molecule has 0 bridgehead atoms. The molecule has 194 valence electrons. The molecule has 36 heavy (non-hydrogen) atoms. The quantitative estimate of drug-likeness (QED) is 0.389. The highest BCUT2D eigenvalue weighted by molar-refractivity contribution is 6.05. The lowest BCUT2D eigenvalue weighted by molar-refractivity contribution is -0.140. The van der Waals surface area contributed by atoms with E-state index in [0.717, 1.165) is 57.8 Å². The average Bonchev–Trinajstić information content (AvgIpc) is 3.33. The molecule has 6 nitrogen and oxygen atoms in total. The van der Waals surface area contributed by atoms with Crippen molar-refractivity contribution in [2.45, 2.75) is 77.0 Å². The summed E-state index contributed by atoms with van der Waals surface area (Å²) in [6.07, 6.45) is 21.9. The van der Waals surface area contributed by atoms with Crippen LogP contribution in [0.25, 0.3) is 0 Å². The van der Waals surface area contributed by atoms with E-state index >= 15 is 0 Å². The fraction of sp³-hybridized carbons (Fsp3) is 0.600. The number of nitrogens with one attached hydrogen (secondary N) is 2. The van der Waals surface area contributed by atoms with Crippen molar-refractivity contribution >= 4 is 23.6 Å². The molecule has 6 heteroatoms. The van der Waals surface area contributed by atoms with Gasteiger partial charge in [-0.1, -0.05) is 49.3 Å². The minimum Gasteiger partial charge on any atom is -0.296 e. The van der Waals surface area contributed by atoms with E-state index < -0.39 is 22.7 Å². The lowest BCUT2D eigenvalue weighted by atomic mass is 9.43. The molecule has 2 fully saturated rings. The summed E-state index contributed by atoms with van der Waals surface area (Å²) in [7, 11) is 0. The maximum atomic E-state index is 13.6. The van der Waals surface area contributed by atoms with Crippen molar-refractivity contribution in [2.24, 2.45) is 34.5 Å². The zero-order valence-corrected chi connectivity index (χ0v) is 21.3. The first-order chi connectivity index (χ1) is 17.4. The van der Waals surface area contributed by atoms with Gasteiger partial charge in [0.1, 0.15) is 0 Å². The van der Waals surface area contributed by atoms with Gasteiger partial charge in [0.15, 0.2) is 0 Å². The molecule has 4 rings (SSSR count). The van der Waals surface area contributed by atoms with Crippen LogP contribution in [0.1, 0.15) is 77.0 Å². The molecule has 2 N–H and O–H groups in total. The zero-order valence-electron chi connectivity index (χ0n) is 21.3. The molecule has 0 radical (unpaired) electrons. The summed E-state index contributed by atoms with van der Waals surface area (Å²) in [5, 5.41) is 5.11. The van der Waals surface area contributed by atoms with Crippen LogP contribution in [0.3, 0.4) is 0 Å². The van der Waals surface area contributed by atoms with Crippen molar-refractivity contribution in [1.82, 2.24) is 10.6 Å². The molecule has 0 aromatic heterocycles. The molecule has 0 aromatic carbocycles. The third kappa shape index (κ3) is 4.55. The minimum absolute atomic E-state index is 0.0928. The number of hydrogen-bond acceptors (Lipinski definition) is 4. The molecule has 2 heterocycles. The molecule has 2 aliphatic carbocycles. The number of allylic oxidation sites excluding steroid dienone is 6. The van der Waals surface area contributed by atoms with Gasteiger partial charge in [0.25, 0.3) is 0 Å². The summed E-state index contributed by atoms with van der Waals surface area (Å²) < 4.78 is 0. The summed E-state index contributed by atoms with van der Waals surface area (Å²) in [4.78, 5) is 51.9. The van der Waals surface area contributed by atoms with Gasteiger partial charge in [-0.15, -0.1) is 13.2 Å². The van der Waals surface area contributed by atoms with Crippen LogP contribution in [-0.2, 0) is 19.2 Å². The number of hydrogen-bond donors (Lipinski definition) is 2. The normalized spacial score (nSPS) is 37.4. The van der Waals surface area contributed by atoms with E-state index in [1.165, 1.54) is 0 Å². The molecule has 0 aromatic rings. The summed E-state index contributed by atoms with van der Waals surface area (Å²) in [6, 6.07) is 0. The average molecular weight is 493 g/mol. The number of carbonyl (C=O) groups excluding carboxylic acids is 4. The van der Waals surface area contributed by atoms with Crippen LogP contribution in [0.15, 0.2) is 49.6 Å². The second-order valence-corrected chi connectivity index (χ2v) is 11.1. The lowest BCUT2D eigenvalue weighted by Crippen LogP contribution is -2.57. The number of amides is 4. The monoisotopic (exact) mass is 492 g/mol. The first kappa shape index (κ1) is 26.3. The maximum absolute atomic E-state index is 13.6. The van der Waals surface area contributed by atoms with Crippen LogP contribution in [0.4, 0.5) is 0 Å². The molecule has 4 aliphatic rings. The molecular weight excluding hydrogens is 452 g/mol. The number of carbonyl (C=O) groups is 4. The van der Waals surface area contributed by atoms with Gasteiger partial charge in [-0.05, 0) is 63.2 Å². The number of imide groups is 2.